The van der Waals surface area contributed by atoms with Gasteiger partial charge >= 0.3 is 163 Å². The van der Waals surface area contributed by atoms with Gasteiger partial charge in [0.2, 0.25) is 0 Å². The first-order valence-electron chi connectivity index (χ1n) is 9.07. The molecule has 0 fully saturated rings. The van der Waals surface area contributed by atoms with E-state index in [9.17, 15) is 0 Å². The van der Waals surface area contributed by atoms with E-state index in [-0.39, 0.29) is 30.2 Å². The largest absolute Gasteiger partial charge is 1.00 e. The minimum Gasteiger partial charge on any atom is -1.00 e. The van der Waals surface area contributed by atoms with Gasteiger partial charge in [-0.05, 0) is 0 Å². The van der Waals surface area contributed by atoms with E-state index in [2.05, 4.69) is 76.2 Å². The van der Waals surface area contributed by atoms with Gasteiger partial charge in [0.1, 0.15) is 0 Å². The molecule has 0 bridgehead atoms. The average molecular weight is 466 g/mol. The molecule has 1 aliphatic rings. The molecule has 0 spiro atoms. The Labute approximate surface area is 186 Å². The zero-order valence-corrected chi connectivity index (χ0v) is 20.0. The van der Waals surface area contributed by atoms with Gasteiger partial charge in [-0.15, -0.1) is 0 Å². The third-order valence-corrected chi connectivity index (χ3v) is 6.71. The van der Waals surface area contributed by atoms with Crippen LogP contribution >= 0.6 is 0 Å². The first-order valence-corrected chi connectivity index (χ1v) is 10.5. The maximum Gasteiger partial charge on any atom is -1.00 e. The number of hydrogen-bond donors (Lipinski definition) is 0. The average Bonchev–Trinajstić information content (AvgIpc) is 2.88. The molecule has 0 amide bonds. The molecule has 137 valence electrons. The fourth-order valence-corrected chi connectivity index (χ4v) is 4.64. The van der Waals surface area contributed by atoms with E-state index in [1.54, 1.807) is 30.3 Å². The molecule has 2 aromatic rings. The van der Waals surface area contributed by atoms with Crippen LogP contribution in [0.4, 0.5) is 0 Å². The smallest absolute Gasteiger partial charge is 1.00 e. The van der Waals surface area contributed by atoms with Gasteiger partial charge in [-0.3, -0.25) is 0 Å². The summed E-state index contributed by atoms with van der Waals surface area (Å²) in [6, 6.07) is 16.0. The maximum absolute atomic E-state index is 2.48. The second-order valence-electron chi connectivity index (χ2n) is 7.89. The molecule has 0 saturated heterocycles. The second-order valence-corrected chi connectivity index (χ2v) is 9.31. The second kappa shape index (κ2) is 9.72. The van der Waals surface area contributed by atoms with Gasteiger partial charge < -0.3 is 24.8 Å². The van der Waals surface area contributed by atoms with E-state index in [1.807, 2.05) is 0 Å². The van der Waals surface area contributed by atoms with Crippen molar-refractivity contribution in [2.75, 3.05) is 0 Å². The predicted octanol–water partition coefficient (Wildman–Crippen LogP) is 0.834. The Morgan fingerprint density at radius 1 is 0.962 bits per heavy atom. The zero-order valence-electron chi connectivity index (χ0n) is 16.1. The van der Waals surface area contributed by atoms with Gasteiger partial charge in [-0.25, -0.2) is 0 Å². The van der Waals surface area contributed by atoms with Crippen LogP contribution in [0.2, 0.25) is 0 Å². The van der Waals surface area contributed by atoms with Crippen LogP contribution in [-0.4, -0.2) is 0 Å². The van der Waals surface area contributed by atoms with E-state index in [0.717, 1.165) is 0 Å². The van der Waals surface area contributed by atoms with Crippen molar-refractivity contribution < 1.29 is 49.5 Å². The predicted molar refractivity (Wildman–Crippen MR) is 101 cm³/mol. The third-order valence-electron chi connectivity index (χ3n) is 5.03. The quantitative estimate of drug-likeness (QED) is 0.628. The number of unbranched alkanes of at least 4 members (excludes halogenated alkanes) is 1. The van der Waals surface area contributed by atoms with Gasteiger partial charge in [0.15, 0.2) is 0 Å². The SMILES string of the molecule is CCCCC1=Cc2c(-c3ccc(C(C)(C)C)cc3)cccc2[CH]1[Zr+2].[Cl-].[Cl-]. The van der Waals surface area contributed by atoms with Crippen molar-refractivity contribution in [2.24, 2.45) is 0 Å². The standard InChI is InChI=1S/C23H27.2ClH.Zr/c1-5-6-8-17-15-19-9-7-10-21(22(19)16-17)18-11-13-20(14-12-18)23(2,3)4;;;/h7,9-16H,5-6,8H2,1-4H3;2*1H;/q;;;+2/p-2. The summed E-state index contributed by atoms with van der Waals surface area (Å²) >= 11 is 1.62. The van der Waals surface area contributed by atoms with E-state index in [1.165, 1.54) is 47.1 Å². The molecule has 3 rings (SSSR count). The number of benzene rings is 2. The summed E-state index contributed by atoms with van der Waals surface area (Å²) in [5, 5.41) is 0. The van der Waals surface area contributed by atoms with Crippen molar-refractivity contribution in [3.63, 3.8) is 0 Å². The van der Waals surface area contributed by atoms with Gasteiger partial charge in [-0.2, -0.15) is 0 Å². The Kier molecular flexibility index (Phi) is 8.85. The van der Waals surface area contributed by atoms with Crippen LogP contribution in [0.15, 0.2) is 48.0 Å². The zero-order chi connectivity index (χ0) is 17.3. The van der Waals surface area contributed by atoms with Crippen LogP contribution in [0.5, 0.6) is 0 Å². The Morgan fingerprint density at radius 2 is 1.62 bits per heavy atom. The third kappa shape index (κ3) is 4.92. The number of rotatable bonds is 4. The molecule has 1 aliphatic carbocycles. The molecular weight excluding hydrogens is 438 g/mol. The summed E-state index contributed by atoms with van der Waals surface area (Å²) in [6.07, 6.45) is 6.32. The van der Waals surface area contributed by atoms with E-state index in [4.69, 9.17) is 0 Å². The number of allylic oxidation sites excluding steroid dienone is 1. The van der Waals surface area contributed by atoms with E-state index in [0.29, 0.717) is 3.63 Å². The van der Waals surface area contributed by atoms with E-state index >= 15 is 0 Å². The Hall–Kier alpha value is -0.357. The van der Waals surface area contributed by atoms with E-state index < -0.39 is 0 Å². The molecule has 0 N–H and O–H groups in total. The number of hydrogen-bond acceptors (Lipinski definition) is 0. The molecule has 1 atom stereocenters. The van der Waals surface area contributed by atoms with Gasteiger partial charge in [0.05, 0.1) is 0 Å². The number of halogens is 2. The minimum atomic E-state index is 0. The molecule has 26 heavy (non-hydrogen) atoms. The van der Waals surface area contributed by atoms with Crippen molar-refractivity contribution in [1.82, 2.24) is 0 Å². The fraction of sp³-hybridized carbons (Fsp3) is 0.391. The first kappa shape index (κ1) is 23.7. The van der Waals surface area contributed by atoms with Crippen LogP contribution in [0.1, 0.15) is 67.3 Å². The Morgan fingerprint density at radius 3 is 2.19 bits per heavy atom. The van der Waals surface area contributed by atoms with Crippen LogP contribution in [0, 0.1) is 0 Å². The molecule has 3 heteroatoms. The number of fused-ring (bicyclic) bond motifs is 1. The van der Waals surface area contributed by atoms with Crippen molar-refractivity contribution in [2.45, 2.75) is 56.0 Å². The molecule has 0 saturated carbocycles. The molecule has 0 nitrogen and oxygen atoms in total. The van der Waals surface area contributed by atoms with Crippen LogP contribution in [0.25, 0.3) is 17.2 Å². The van der Waals surface area contributed by atoms with Crippen molar-refractivity contribution in [3.05, 3.63) is 64.7 Å². The van der Waals surface area contributed by atoms with Crippen LogP contribution < -0.4 is 24.8 Å². The summed E-state index contributed by atoms with van der Waals surface area (Å²) in [5.41, 5.74) is 9.00. The van der Waals surface area contributed by atoms with Crippen molar-refractivity contribution in [1.29, 1.82) is 0 Å². The minimum absolute atomic E-state index is 0. The summed E-state index contributed by atoms with van der Waals surface area (Å²) < 4.78 is 0.660. The summed E-state index contributed by atoms with van der Waals surface area (Å²) in [5.74, 6) is 0. The topological polar surface area (TPSA) is 0 Å². The van der Waals surface area contributed by atoms with Crippen molar-refractivity contribution in [3.8, 4) is 11.1 Å². The van der Waals surface area contributed by atoms with Gasteiger partial charge in [0.25, 0.3) is 0 Å². The van der Waals surface area contributed by atoms with Gasteiger partial charge in [0, 0.05) is 0 Å². The molecule has 0 aliphatic heterocycles. The summed E-state index contributed by atoms with van der Waals surface area (Å²) in [6.45, 7) is 9.10. The van der Waals surface area contributed by atoms with Crippen LogP contribution in [-0.2, 0) is 30.1 Å². The monoisotopic (exact) mass is 463 g/mol. The Balaban J connectivity index is 0.00000169. The summed E-state index contributed by atoms with van der Waals surface area (Å²) in [7, 11) is 0. The van der Waals surface area contributed by atoms with Crippen molar-refractivity contribution >= 4 is 6.08 Å². The molecule has 0 aromatic heterocycles. The Bertz CT molecular complexity index is 755. The fourth-order valence-electron chi connectivity index (χ4n) is 3.46. The molecular formula is C23H27Cl2Zr. The normalized spacial score (nSPS) is 15.6. The molecule has 0 radical (unpaired) electrons. The van der Waals surface area contributed by atoms with Crippen LogP contribution in [0.3, 0.4) is 0 Å². The first-order chi connectivity index (χ1) is 11.4. The molecule has 0 heterocycles. The molecule has 2 aromatic carbocycles. The summed E-state index contributed by atoms with van der Waals surface area (Å²) in [4.78, 5) is 0. The maximum atomic E-state index is 2.48. The van der Waals surface area contributed by atoms with Gasteiger partial charge in [-0.1, -0.05) is 0 Å². The molecule has 1 unspecified atom stereocenters.